The molecule has 12 aromatic rings. The lowest BCUT2D eigenvalue weighted by molar-refractivity contribution is 0.666. The minimum Gasteiger partial charge on any atom is -0.454 e. The van der Waals surface area contributed by atoms with E-state index < -0.39 is 60.4 Å². The largest absolute Gasteiger partial charge is 0.454 e. The molecule has 0 aliphatic heterocycles. The number of aromatic nitrogens is 5. The third-order valence-electron chi connectivity index (χ3n) is 10.5. The first-order valence-electron chi connectivity index (χ1n) is 23.3. The minimum atomic E-state index is -0.560. The predicted molar refractivity (Wildman–Crippen MR) is 232 cm³/mol. The maximum absolute atomic E-state index is 9.76. The number of hydrogen-bond donors (Lipinski definition) is 0. The second kappa shape index (κ2) is 12.3. The van der Waals surface area contributed by atoms with Gasteiger partial charge >= 0.3 is 0 Å². The quantitative estimate of drug-likeness (QED) is 0.176. The Hall–Kier alpha value is -7.83. The van der Waals surface area contributed by atoms with Gasteiger partial charge in [-0.3, -0.25) is 4.57 Å². The summed E-state index contributed by atoms with van der Waals surface area (Å²) in [5, 5.41) is 1.31. The number of hydrogen-bond acceptors (Lipinski definition) is 4. The summed E-state index contributed by atoms with van der Waals surface area (Å²) < 4.78 is 103. The highest BCUT2D eigenvalue weighted by molar-refractivity contribution is 6.24. The van der Waals surface area contributed by atoms with E-state index in [1.54, 1.807) is 16.7 Å². The summed E-state index contributed by atoms with van der Waals surface area (Å²) in [4.78, 5) is 14.9. The summed E-state index contributed by atoms with van der Waals surface area (Å²) in [6.45, 7) is 0. The molecule has 8 aromatic carbocycles. The van der Waals surface area contributed by atoms with E-state index >= 15 is 0 Å². The van der Waals surface area contributed by atoms with Crippen LogP contribution in [0.1, 0.15) is 13.7 Å². The van der Waals surface area contributed by atoms with Gasteiger partial charge in [0.15, 0.2) is 17.2 Å². The van der Waals surface area contributed by atoms with Crippen molar-refractivity contribution in [2.45, 2.75) is 0 Å². The fraction of sp³-hybridized carbons (Fsp3) is 0. The van der Waals surface area contributed by atoms with Crippen LogP contribution < -0.4 is 0 Å². The number of nitrogens with zero attached hydrogens (tertiary/aromatic N) is 5. The molecule has 0 N–H and O–H groups in total. The zero-order chi connectivity index (χ0) is 46.2. The maximum atomic E-state index is 9.76. The van der Waals surface area contributed by atoms with E-state index in [9.17, 15) is 8.22 Å². The Morgan fingerprint density at radius 1 is 0.421 bits per heavy atom. The van der Waals surface area contributed by atoms with Crippen LogP contribution >= 0.6 is 0 Å². The minimum absolute atomic E-state index is 0.0127. The van der Waals surface area contributed by atoms with Gasteiger partial charge < -0.3 is 8.98 Å². The van der Waals surface area contributed by atoms with E-state index in [0.29, 0.717) is 33.4 Å². The number of para-hydroxylation sites is 3. The summed E-state index contributed by atoms with van der Waals surface area (Å²) in [6.07, 6.45) is 0. The van der Waals surface area contributed by atoms with Crippen molar-refractivity contribution in [1.82, 2.24) is 24.1 Å². The molecule has 0 aliphatic rings. The molecule has 4 heterocycles. The number of fused-ring (bicyclic) bond motifs is 10. The normalized spacial score (nSPS) is 14.3. The van der Waals surface area contributed by atoms with Gasteiger partial charge in [-0.2, -0.15) is 9.97 Å². The second-order valence-electron chi connectivity index (χ2n) is 13.7. The topological polar surface area (TPSA) is 61.7 Å². The second-order valence-corrected chi connectivity index (χ2v) is 13.7. The number of furan rings is 1. The van der Waals surface area contributed by atoms with Crippen molar-refractivity contribution < 1.29 is 18.1 Å². The molecule has 57 heavy (non-hydrogen) atoms. The van der Waals surface area contributed by atoms with Crippen LogP contribution in [-0.4, -0.2) is 24.1 Å². The molecule has 12 rings (SSSR count). The van der Waals surface area contributed by atoms with Crippen LogP contribution in [0.3, 0.4) is 0 Å². The fourth-order valence-electron chi connectivity index (χ4n) is 7.92. The summed E-state index contributed by atoms with van der Waals surface area (Å²) in [5.74, 6) is 0.395. The molecule has 0 atom stereocenters. The van der Waals surface area contributed by atoms with Crippen molar-refractivity contribution in [2.75, 3.05) is 0 Å². The van der Waals surface area contributed by atoms with Gasteiger partial charge in [0, 0.05) is 43.4 Å². The molecule has 0 aliphatic carbocycles. The Balaban J connectivity index is 1.33. The van der Waals surface area contributed by atoms with Crippen LogP contribution in [0.15, 0.2) is 192 Å². The summed E-state index contributed by atoms with van der Waals surface area (Å²) in [5.41, 5.74) is 4.44. The van der Waals surface area contributed by atoms with Crippen LogP contribution in [0.25, 0.3) is 111 Å². The summed E-state index contributed by atoms with van der Waals surface area (Å²) >= 11 is 0. The molecule has 266 valence electrons. The molecule has 0 bridgehead atoms. The number of rotatable bonds is 5. The van der Waals surface area contributed by atoms with Gasteiger partial charge in [-0.05, 0) is 41.4 Å². The number of benzene rings is 8. The molecule has 0 radical (unpaired) electrons. The van der Waals surface area contributed by atoms with Gasteiger partial charge in [-0.25, -0.2) is 4.98 Å². The first-order valence-corrected chi connectivity index (χ1v) is 18.3. The highest BCUT2D eigenvalue weighted by atomic mass is 16.3. The van der Waals surface area contributed by atoms with Gasteiger partial charge in [0.05, 0.1) is 41.5 Å². The van der Waals surface area contributed by atoms with Gasteiger partial charge in [0.2, 0.25) is 5.95 Å². The fourth-order valence-corrected chi connectivity index (χ4v) is 7.92. The predicted octanol–water partition coefficient (Wildman–Crippen LogP) is 13.0. The molecule has 0 spiro atoms. The molecule has 0 saturated carbocycles. The van der Waals surface area contributed by atoms with Crippen molar-refractivity contribution >= 4 is 65.6 Å². The van der Waals surface area contributed by atoms with Crippen molar-refractivity contribution in [1.29, 1.82) is 0 Å². The monoisotopic (exact) mass is 739 g/mol. The van der Waals surface area contributed by atoms with Crippen molar-refractivity contribution in [3.8, 4) is 45.5 Å². The Bertz CT molecular complexity index is 4040. The molecule has 0 fully saturated rings. The van der Waals surface area contributed by atoms with E-state index in [4.69, 9.17) is 24.9 Å². The Kier molecular flexibility index (Phi) is 5.02. The van der Waals surface area contributed by atoms with Crippen molar-refractivity contribution in [2.24, 2.45) is 0 Å². The third kappa shape index (κ3) is 4.81. The van der Waals surface area contributed by atoms with Crippen molar-refractivity contribution in [3.05, 3.63) is 188 Å². The van der Waals surface area contributed by atoms with Gasteiger partial charge in [-0.1, -0.05) is 158 Å². The first-order chi connectivity index (χ1) is 32.4. The van der Waals surface area contributed by atoms with E-state index in [2.05, 4.69) is 0 Å². The first kappa shape index (κ1) is 23.2. The lowest BCUT2D eigenvalue weighted by Gasteiger charge is -2.13. The van der Waals surface area contributed by atoms with Gasteiger partial charge in [0.1, 0.15) is 5.58 Å². The van der Waals surface area contributed by atoms with Crippen LogP contribution in [-0.2, 0) is 0 Å². The van der Waals surface area contributed by atoms with Crippen LogP contribution in [0.4, 0.5) is 0 Å². The molecule has 6 heteroatoms. The lowest BCUT2D eigenvalue weighted by Crippen LogP contribution is -2.07. The highest BCUT2D eigenvalue weighted by Gasteiger charge is 2.25. The smallest absolute Gasteiger partial charge is 0.238 e. The van der Waals surface area contributed by atoms with Gasteiger partial charge in [0.25, 0.3) is 0 Å². The Labute approximate surface area is 340 Å². The van der Waals surface area contributed by atoms with Crippen LogP contribution in [0.5, 0.6) is 0 Å². The highest BCUT2D eigenvalue weighted by Crippen LogP contribution is 2.44. The van der Waals surface area contributed by atoms with E-state index in [1.165, 1.54) is 4.57 Å². The standard InChI is InChI=1S/C51H31N5O/c1-4-15-32(16-5-1)35-27-28-38-41-23-14-26-44(48(41)57-45(38)31-35)55-42-24-12-10-21-36(42)39-29-30-40-37-22-11-13-25-43(37)56(47(40)46(39)55)51-53-49(33-17-6-2-7-18-33)52-50(54-51)34-19-8-3-9-20-34/h1-31H/i10D,11D,12D,13D,21D,22D,24D,25D,29D,30D. The Morgan fingerprint density at radius 2 is 0.982 bits per heavy atom. The molecule has 4 aromatic heterocycles. The zero-order valence-electron chi connectivity index (χ0n) is 39.8. The SMILES string of the molecule is [2H]c1c([2H])c([2H])c2c(c1[2H])c1c([2H])c([2H])c3c4c([2H])c([2H])c([2H])c([2H])c4n(-c4cccc5c4oc4cc(-c6ccccc6)ccc45)c3c1n2-c1nc(-c2ccccc2)nc(-c2ccccc2)n1. The van der Waals surface area contributed by atoms with Crippen molar-refractivity contribution in [3.63, 3.8) is 0 Å². The lowest BCUT2D eigenvalue weighted by atomic mass is 10.0. The molecule has 0 saturated heterocycles. The van der Waals surface area contributed by atoms with Gasteiger partial charge in [-0.15, -0.1) is 0 Å². The van der Waals surface area contributed by atoms with Crippen LogP contribution in [0.2, 0.25) is 0 Å². The summed E-state index contributed by atoms with van der Waals surface area (Å²) in [6, 6.07) is 34.7. The molecular weight excluding hydrogens is 699 g/mol. The zero-order valence-corrected chi connectivity index (χ0v) is 29.8. The molecule has 0 amide bonds. The van der Waals surface area contributed by atoms with Crippen LogP contribution in [0, 0.1) is 0 Å². The average Bonchev–Trinajstić information content (AvgIpc) is 4.05. The maximum Gasteiger partial charge on any atom is 0.238 e. The van der Waals surface area contributed by atoms with E-state index in [0.717, 1.165) is 16.5 Å². The molecule has 0 unspecified atom stereocenters. The average molecular weight is 740 g/mol. The molecule has 6 nitrogen and oxygen atoms in total. The molecular formula is C51H31N5O. The Morgan fingerprint density at radius 3 is 1.61 bits per heavy atom. The summed E-state index contributed by atoms with van der Waals surface area (Å²) in [7, 11) is 0. The van der Waals surface area contributed by atoms with E-state index in [1.807, 2.05) is 115 Å². The van der Waals surface area contributed by atoms with E-state index in [-0.39, 0.29) is 61.2 Å². The third-order valence-corrected chi connectivity index (χ3v) is 10.5.